The van der Waals surface area contributed by atoms with Crippen molar-refractivity contribution in [1.82, 2.24) is 15.4 Å². The lowest BCUT2D eigenvalue weighted by Gasteiger charge is -2.04. The van der Waals surface area contributed by atoms with Crippen LogP contribution < -0.4 is 0 Å². The SMILES string of the molecule is CCCCCCCCCCCCCCc1cccc2[nH]nnc12. The topological polar surface area (TPSA) is 41.6 Å². The number of hydrogen-bond donors (Lipinski definition) is 1. The molecule has 0 spiro atoms. The third kappa shape index (κ3) is 6.72. The minimum absolute atomic E-state index is 1.05. The molecule has 0 radical (unpaired) electrons. The van der Waals surface area contributed by atoms with Crippen LogP contribution in [0.1, 0.15) is 89.5 Å². The Morgan fingerprint density at radius 2 is 1.39 bits per heavy atom. The standard InChI is InChI=1S/C20H33N3/c1-2-3-4-5-6-7-8-9-10-11-12-13-15-18-16-14-17-19-20(18)22-23-21-19/h14,16-17H,2-13,15H2,1H3,(H,21,22,23). The number of benzene rings is 1. The van der Waals surface area contributed by atoms with Crippen LogP contribution >= 0.6 is 0 Å². The normalized spacial score (nSPS) is 11.3. The zero-order valence-corrected chi connectivity index (χ0v) is 14.8. The molecule has 0 aliphatic rings. The molecule has 2 aromatic rings. The van der Waals surface area contributed by atoms with Crippen LogP contribution in [0.4, 0.5) is 0 Å². The molecule has 0 amide bonds. The predicted molar refractivity (Wildman–Crippen MR) is 98.7 cm³/mol. The number of aromatic nitrogens is 3. The first-order valence-electron chi connectivity index (χ1n) is 9.70. The van der Waals surface area contributed by atoms with E-state index in [0.717, 1.165) is 17.5 Å². The Morgan fingerprint density at radius 3 is 2.04 bits per heavy atom. The largest absolute Gasteiger partial charge is 0.258 e. The lowest BCUT2D eigenvalue weighted by molar-refractivity contribution is 0.544. The molecule has 0 bridgehead atoms. The Kier molecular flexibility index (Phi) is 8.75. The molecule has 0 fully saturated rings. The number of nitrogens with one attached hydrogen (secondary N) is 1. The van der Waals surface area contributed by atoms with Crippen molar-refractivity contribution < 1.29 is 0 Å². The van der Waals surface area contributed by atoms with Gasteiger partial charge in [-0.3, -0.25) is 5.10 Å². The molecule has 0 aliphatic carbocycles. The summed E-state index contributed by atoms with van der Waals surface area (Å²) in [5.74, 6) is 0. The molecule has 0 saturated heterocycles. The summed E-state index contributed by atoms with van der Waals surface area (Å²) in [6.07, 6.45) is 17.9. The summed E-state index contributed by atoms with van der Waals surface area (Å²) < 4.78 is 0. The minimum atomic E-state index is 1.05. The summed E-state index contributed by atoms with van der Waals surface area (Å²) in [6, 6.07) is 6.32. The van der Waals surface area contributed by atoms with Gasteiger partial charge in [-0.05, 0) is 24.5 Å². The van der Waals surface area contributed by atoms with Gasteiger partial charge in [0, 0.05) is 0 Å². The fourth-order valence-corrected chi connectivity index (χ4v) is 3.29. The molecule has 128 valence electrons. The van der Waals surface area contributed by atoms with Crippen molar-refractivity contribution in [3.8, 4) is 0 Å². The van der Waals surface area contributed by atoms with E-state index in [1.165, 1.54) is 82.6 Å². The number of nitrogens with zero attached hydrogens (tertiary/aromatic N) is 2. The highest BCUT2D eigenvalue weighted by Gasteiger charge is 2.03. The van der Waals surface area contributed by atoms with Gasteiger partial charge in [0.2, 0.25) is 0 Å². The monoisotopic (exact) mass is 315 g/mol. The van der Waals surface area contributed by atoms with E-state index in [2.05, 4.69) is 34.5 Å². The Hall–Kier alpha value is -1.38. The van der Waals surface area contributed by atoms with E-state index in [1.807, 2.05) is 6.07 Å². The zero-order valence-electron chi connectivity index (χ0n) is 14.8. The number of rotatable bonds is 13. The van der Waals surface area contributed by atoms with E-state index < -0.39 is 0 Å². The van der Waals surface area contributed by atoms with Gasteiger partial charge < -0.3 is 0 Å². The first-order chi connectivity index (χ1) is 11.4. The van der Waals surface area contributed by atoms with Crippen molar-refractivity contribution in [2.45, 2.75) is 90.4 Å². The smallest absolute Gasteiger partial charge is 0.116 e. The Bertz CT molecular complexity index is 532. The third-order valence-electron chi connectivity index (χ3n) is 4.74. The quantitative estimate of drug-likeness (QED) is 0.447. The molecule has 3 nitrogen and oxygen atoms in total. The molecule has 0 atom stereocenters. The maximum atomic E-state index is 4.19. The van der Waals surface area contributed by atoms with Gasteiger partial charge in [-0.25, -0.2) is 0 Å². The first kappa shape index (κ1) is 18.0. The number of H-pyrrole nitrogens is 1. The van der Waals surface area contributed by atoms with Gasteiger partial charge >= 0.3 is 0 Å². The van der Waals surface area contributed by atoms with Gasteiger partial charge in [-0.1, -0.05) is 94.9 Å². The van der Waals surface area contributed by atoms with Crippen molar-refractivity contribution in [3.05, 3.63) is 23.8 Å². The van der Waals surface area contributed by atoms with Crippen molar-refractivity contribution >= 4 is 11.0 Å². The van der Waals surface area contributed by atoms with Gasteiger partial charge in [-0.15, -0.1) is 5.10 Å². The second-order valence-electron chi connectivity index (χ2n) is 6.76. The number of aromatic amines is 1. The Morgan fingerprint density at radius 1 is 0.783 bits per heavy atom. The Labute approximate surface area is 141 Å². The molecule has 1 aromatic heterocycles. The Balaban J connectivity index is 1.45. The fraction of sp³-hybridized carbons (Fsp3) is 0.700. The summed E-state index contributed by atoms with van der Waals surface area (Å²) in [6.45, 7) is 2.28. The molecule has 1 N–H and O–H groups in total. The highest BCUT2D eigenvalue weighted by atomic mass is 15.3. The predicted octanol–water partition coefficient (Wildman–Crippen LogP) is 6.20. The van der Waals surface area contributed by atoms with E-state index in [9.17, 15) is 0 Å². The van der Waals surface area contributed by atoms with E-state index in [4.69, 9.17) is 0 Å². The summed E-state index contributed by atoms with van der Waals surface area (Å²) in [5, 5.41) is 11.0. The van der Waals surface area contributed by atoms with Crippen LogP contribution in [-0.2, 0) is 6.42 Å². The van der Waals surface area contributed by atoms with Crippen LogP contribution in [0.2, 0.25) is 0 Å². The second-order valence-corrected chi connectivity index (χ2v) is 6.76. The van der Waals surface area contributed by atoms with E-state index in [0.29, 0.717) is 0 Å². The highest BCUT2D eigenvalue weighted by Crippen LogP contribution is 2.17. The summed E-state index contributed by atoms with van der Waals surface area (Å²) >= 11 is 0. The van der Waals surface area contributed by atoms with Gasteiger partial charge in [0.25, 0.3) is 0 Å². The molecule has 0 aliphatic heterocycles. The van der Waals surface area contributed by atoms with Crippen LogP contribution in [0.25, 0.3) is 11.0 Å². The number of unbranched alkanes of at least 4 members (excludes halogenated alkanes) is 11. The van der Waals surface area contributed by atoms with Crippen molar-refractivity contribution in [2.24, 2.45) is 0 Å². The minimum Gasteiger partial charge on any atom is -0.258 e. The van der Waals surface area contributed by atoms with Gasteiger partial charge in [0.05, 0.1) is 5.52 Å². The van der Waals surface area contributed by atoms with Crippen molar-refractivity contribution in [1.29, 1.82) is 0 Å². The number of aryl methyl sites for hydroxylation is 1. The average Bonchev–Trinajstić information content (AvgIpc) is 3.05. The van der Waals surface area contributed by atoms with Crippen LogP contribution in [0.3, 0.4) is 0 Å². The van der Waals surface area contributed by atoms with Crippen LogP contribution in [-0.4, -0.2) is 15.4 Å². The van der Waals surface area contributed by atoms with E-state index >= 15 is 0 Å². The van der Waals surface area contributed by atoms with Crippen LogP contribution in [0, 0.1) is 0 Å². The lowest BCUT2D eigenvalue weighted by Crippen LogP contribution is -1.88. The molecule has 0 saturated carbocycles. The average molecular weight is 316 g/mol. The van der Waals surface area contributed by atoms with E-state index in [-0.39, 0.29) is 0 Å². The molecule has 1 aromatic carbocycles. The van der Waals surface area contributed by atoms with E-state index in [1.54, 1.807) is 0 Å². The molecule has 3 heteroatoms. The summed E-state index contributed by atoms with van der Waals surface area (Å²) in [5.41, 5.74) is 3.44. The maximum Gasteiger partial charge on any atom is 0.116 e. The molecular weight excluding hydrogens is 282 g/mol. The second kappa shape index (κ2) is 11.2. The third-order valence-corrected chi connectivity index (χ3v) is 4.74. The van der Waals surface area contributed by atoms with Gasteiger partial charge in [-0.2, -0.15) is 0 Å². The van der Waals surface area contributed by atoms with Crippen molar-refractivity contribution in [2.75, 3.05) is 0 Å². The maximum absolute atomic E-state index is 4.19. The molecule has 2 rings (SSSR count). The van der Waals surface area contributed by atoms with Crippen LogP contribution in [0.5, 0.6) is 0 Å². The fourth-order valence-electron chi connectivity index (χ4n) is 3.29. The highest BCUT2D eigenvalue weighted by molar-refractivity contribution is 5.77. The number of hydrogen-bond acceptors (Lipinski definition) is 2. The summed E-state index contributed by atoms with van der Waals surface area (Å²) in [7, 11) is 0. The zero-order chi connectivity index (χ0) is 16.2. The van der Waals surface area contributed by atoms with Crippen LogP contribution in [0.15, 0.2) is 18.2 Å². The first-order valence-corrected chi connectivity index (χ1v) is 9.70. The molecular formula is C20H33N3. The van der Waals surface area contributed by atoms with Gasteiger partial charge in [0.15, 0.2) is 0 Å². The number of fused-ring (bicyclic) bond motifs is 1. The molecule has 1 heterocycles. The summed E-state index contributed by atoms with van der Waals surface area (Å²) in [4.78, 5) is 0. The van der Waals surface area contributed by atoms with Gasteiger partial charge in [0.1, 0.15) is 5.52 Å². The molecule has 23 heavy (non-hydrogen) atoms. The van der Waals surface area contributed by atoms with Crippen molar-refractivity contribution in [3.63, 3.8) is 0 Å². The molecule has 0 unspecified atom stereocenters. The lowest BCUT2D eigenvalue weighted by atomic mass is 10.0.